The van der Waals surface area contributed by atoms with Crippen LogP contribution in [0.4, 0.5) is 0 Å². The van der Waals surface area contributed by atoms with Gasteiger partial charge in [0.15, 0.2) is 0 Å². The molecule has 2 fully saturated rings. The lowest BCUT2D eigenvalue weighted by molar-refractivity contribution is -0.0653. The molecule has 2 N–H and O–H groups in total. The molecule has 2 bridgehead atoms. The minimum absolute atomic E-state index is 0.0243. The topological polar surface area (TPSA) is 44.5 Å². The van der Waals surface area contributed by atoms with Crippen molar-refractivity contribution in [2.75, 3.05) is 20.3 Å². The Kier molecular flexibility index (Phi) is 1.50. The molecule has 0 aromatic carbocycles. The molecule has 0 amide bonds. The maximum absolute atomic E-state index is 6.03. The van der Waals surface area contributed by atoms with E-state index in [1.165, 1.54) is 0 Å². The van der Waals surface area contributed by atoms with Gasteiger partial charge in [-0.3, -0.25) is 0 Å². The van der Waals surface area contributed by atoms with Crippen LogP contribution in [0.15, 0.2) is 0 Å². The highest BCUT2D eigenvalue weighted by Crippen LogP contribution is 2.45. The highest BCUT2D eigenvalue weighted by atomic mass is 16.5. The normalized spacial score (nSPS) is 48.5. The molecule has 1 saturated carbocycles. The first-order chi connectivity index (χ1) is 5.18. The summed E-state index contributed by atoms with van der Waals surface area (Å²) in [6, 6.07) is 0. The van der Waals surface area contributed by atoms with E-state index in [1.807, 2.05) is 0 Å². The van der Waals surface area contributed by atoms with Crippen LogP contribution < -0.4 is 5.73 Å². The molecule has 1 heterocycles. The number of fused-ring (bicyclic) bond motifs is 2. The Bertz CT molecular complexity index is 156. The van der Waals surface area contributed by atoms with Gasteiger partial charge in [0.25, 0.3) is 0 Å². The quantitative estimate of drug-likeness (QED) is 0.626. The maximum Gasteiger partial charge on any atom is 0.0934 e. The minimum Gasteiger partial charge on any atom is -0.382 e. The van der Waals surface area contributed by atoms with Crippen LogP contribution in [-0.4, -0.2) is 31.5 Å². The number of hydrogen-bond donors (Lipinski definition) is 1. The van der Waals surface area contributed by atoms with Crippen molar-refractivity contribution in [2.24, 2.45) is 5.73 Å². The number of rotatable bonds is 2. The molecule has 0 radical (unpaired) electrons. The Morgan fingerprint density at radius 2 is 2.36 bits per heavy atom. The second kappa shape index (κ2) is 2.19. The largest absolute Gasteiger partial charge is 0.382 e. The predicted octanol–water partition coefficient (Wildman–Crippen LogP) is 0.283. The number of hydrogen-bond acceptors (Lipinski definition) is 3. The summed E-state index contributed by atoms with van der Waals surface area (Å²) in [6.07, 6.45) is 3.14. The molecule has 3 nitrogen and oxygen atoms in total. The summed E-state index contributed by atoms with van der Waals surface area (Å²) < 4.78 is 10.7. The molecule has 2 atom stereocenters. The lowest BCUT2D eigenvalue weighted by Crippen LogP contribution is -2.38. The van der Waals surface area contributed by atoms with E-state index in [0.717, 1.165) is 25.9 Å². The van der Waals surface area contributed by atoms with Gasteiger partial charge in [0.05, 0.1) is 18.8 Å². The van der Waals surface area contributed by atoms with Gasteiger partial charge in [0, 0.05) is 12.6 Å². The zero-order valence-corrected chi connectivity index (χ0v) is 6.93. The fraction of sp³-hybridized carbons (Fsp3) is 1.00. The highest BCUT2D eigenvalue weighted by molar-refractivity contribution is 5.08. The molecule has 2 unspecified atom stereocenters. The smallest absolute Gasteiger partial charge is 0.0934 e. The number of nitrogens with two attached hydrogens (primary N) is 1. The van der Waals surface area contributed by atoms with Crippen LogP contribution in [0.5, 0.6) is 0 Å². The van der Waals surface area contributed by atoms with Crippen molar-refractivity contribution in [3.8, 4) is 0 Å². The van der Waals surface area contributed by atoms with E-state index >= 15 is 0 Å². The Hall–Kier alpha value is -0.120. The zero-order valence-electron chi connectivity index (χ0n) is 6.93. The molecule has 3 heteroatoms. The van der Waals surface area contributed by atoms with Gasteiger partial charge in [0.2, 0.25) is 0 Å². The Morgan fingerprint density at radius 1 is 1.55 bits per heavy atom. The molecule has 1 aliphatic carbocycles. The molecular weight excluding hydrogens is 142 g/mol. The standard InChI is InChI=1S/C8H15NO2/c1-10-6-8-3-2-7(9,4-8)5-11-8/h2-6,9H2,1H3. The van der Waals surface area contributed by atoms with Gasteiger partial charge in [0.1, 0.15) is 0 Å². The molecule has 64 valence electrons. The van der Waals surface area contributed by atoms with Crippen molar-refractivity contribution < 1.29 is 9.47 Å². The summed E-state index contributed by atoms with van der Waals surface area (Å²) in [7, 11) is 1.72. The lowest BCUT2D eigenvalue weighted by atomic mass is 10.0. The first-order valence-corrected chi connectivity index (χ1v) is 4.10. The molecular formula is C8H15NO2. The summed E-state index contributed by atoms with van der Waals surface area (Å²) in [5, 5.41) is 0. The maximum atomic E-state index is 6.03. The van der Waals surface area contributed by atoms with Gasteiger partial charge in [-0.05, 0) is 19.3 Å². The van der Waals surface area contributed by atoms with E-state index in [-0.39, 0.29) is 11.1 Å². The lowest BCUT2D eigenvalue weighted by Gasteiger charge is -2.26. The second-order valence-corrected chi connectivity index (χ2v) is 3.94. The molecule has 0 aromatic rings. The monoisotopic (exact) mass is 157 g/mol. The van der Waals surface area contributed by atoms with E-state index in [4.69, 9.17) is 15.2 Å². The van der Waals surface area contributed by atoms with E-state index in [9.17, 15) is 0 Å². The van der Waals surface area contributed by atoms with Crippen LogP contribution in [0.25, 0.3) is 0 Å². The average Bonchev–Trinajstić information content (AvgIpc) is 2.42. The molecule has 11 heavy (non-hydrogen) atoms. The van der Waals surface area contributed by atoms with Gasteiger partial charge < -0.3 is 15.2 Å². The van der Waals surface area contributed by atoms with E-state index in [1.54, 1.807) is 7.11 Å². The SMILES string of the molecule is COCC12CCC(N)(CO1)C2. The number of ether oxygens (including phenoxy) is 2. The Labute approximate surface area is 66.8 Å². The first-order valence-electron chi connectivity index (χ1n) is 4.10. The zero-order chi connectivity index (χ0) is 7.95. The molecule has 0 spiro atoms. The van der Waals surface area contributed by atoms with Crippen LogP contribution in [0.3, 0.4) is 0 Å². The Balaban J connectivity index is 2.08. The Morgan fingerprint density at radius 3 is 2.73 bits per heavy atom. The second-order valence-electron chi connectivity index (χ2n) is 3.94. The molecule has 1 aliphatic heterocycles. The third kappa shape index (κ3) is 1.08. The molecule has 2 rings (SSSR count). The van der Waals surface area contributed by atoms with Gasteiger partial charge in [-0.2, -0.15) is 0 Å². The van der Waals surface area contributed by atoms with Crippen LogP contribution >= 0.6 is 0 Å². The van der Waals surface area contributed by atoms with Crippen molar-refractivity contribution in [3.05, 3.63) is 0 Å². The summed E-state index contributed by atoms with van der Waals surface area (Å²) in [6.45, 7) is 1.42. The van der Waals surface area contributed by atoms with E-state index in [2.05, 4.69) is 0 Å². The van der Waals surface area contributed by atoms with E-state index < -0.39 is 0 Å². The van der Waals surface area contributed by atoms with Crippen molar-refractivity contribution in [1.29, 1.82) is 0 Å². The van der Waals surface area contributed by atoms with Crippen LogP contribution in [0.2, 0.25) is 0 Å². The average molecular weight is 157 g/mol. The third-order valence-electron chi connectivity index (χ3n) is 2.83. The van der Waals surface area contributed by atoms with Crippen LogP contribution in [-0.2, 0) is 9.47 Å². The van der Waals surface area contributed by atoms with Gasteiger partial charge in [-0.15, -0.1) is 0 Å². The molecule has 1 saturated heterocycles. The molecule has 2 aliphatic rings. The van der Waals surface area contributed by atoms with Gasteiger partial charge >= 0.3 is 0 Å². The van der Waals surface area contributed by atoms with Crippen molar-refractivity contribution in [1.82, 2.24) is 0 Å². The summed E-state index contributed by atoms with van der Waals surface area (Å²) in [5.41, 5.74) is 5.98. The first kappa shape index (κ1) is 7.53. The third-order valence-corrected chi connectivity index (χ3v) is 2.83. The summed E-state index contributed by atoms with van der Waals surface area (Å²) >= 11 is 0. The van der Waals surface area contributed by atoms with Crippen LogP contribution in [0, 0.1) is 0 Å². The molecule has 0 aromatic heterocycles. The minimum atomic E-state index is -0.0292. The number of methoxy groups -OCH3 is 1. The van der Waals surface area contributed by atoms with Crippen LogP contribution in [0.1, 0.15) is 19.3 Å². The van der Waals surface area contributed by atoms with E-state index in [0.29, 0.717) is 6.61 Å². The van der Waals surface area contributed by atoms with Gasteiger partial charge in [-0.1, -0.05) is 0 Å². The summed E-state index contributed by atoms with van der Waals surface area (Å²) in [5.74, 6) is 0. The fourth-order valence-electron chi connectivity index (χ4n) is 2.27. The van der Waals surface area contributed by atoms with Crippen molar-refractivity contribution in [2.45, 2.75) is 30.4 Å². The highest BCUT2D eigenvalue weighted by Gasteiger charge is 2.53. The van der Waals surface area contributed by atoms with Crippen molar-refractivity contribution >= 4 is 0 Å². The fourth-order valence-corrected chi connectivity index (χ4v) is 2.27. The predicted molar refractivity (Wildman–Crippen MR) is 41.3 cm³/mol. The van der Waals surface area contributed by atoms with Crippen molar-refractivity contribution in [3.63, 3.8) is 0 Å². The summed E-state index contributed by atoms with van der Waals surface area (Å²) in [4.78, 5) is 0. The van der Waals surface area contributed by atoms with Gasteiger partial charge in [-0.25, -0.2) is 0 Å².